The Balaban J connectivity index is 1.78. The lowest BCUT2D eigenvalue weighted by molar-refractivity contribution is -0.117. The fraction of sp³-hybridized carbons (Fsp3) is 0.435. The van der Waals surface area contributed by atoms with Crippen LogP contribution >= 0.6 is 0 Å². The zero-order valence-electron chi connectivity index (χ0n) is 18.4. The number of nitrogens with zero attached hydrogens (tertiary/aromatic N) is 2. The van der Waals surface area contributed by atoms with E-state index in [1.165, 1.54) is 23.6 Å². The minimum Gasteiger partial charge on any atom is -0.497 e. The van der Waals surface area contributed by atoms with Crippen LogP contribution in [-0.2, 0) is 14.8 Å². The number of carbonyl (C=O) groups excluding carboxylic acids is 1. The lowest BCUT2D eigenvalue weighted by Gasteiger charge is -2.30. The van der Waals surface area contributed by atoms with E-state index in [9.17, 15) is 13.2 Å². The number of anilines is 3. The number of rotatable bonds is 8. The predicted molar refractivity (Wildman–Crippen MR) is 126 cm³/mol. The van der Waals surface area contributed by atoms with Crippen LogP contribution in [0.1, 0.15) is 32.6 Å². The van der Waals surface area contributed by atoms with Crippen LogP contribution < -0.4 is 19.3 Å². The lowest BCUT2D eigenvalue weighted by Crippen LogP contribution is -2.47. The van der Waals surface area contributed by atoms with Gasteiger partial charge in [-0.25, -0.2) is 8.42 Å². The van der Waals surface area contributed by atoms with Crippen LogP contribution in [0.15, 0.2) is 48.5 Å². The largest absolute Gasteiger partial charge is 0.497 e. The molecule has 2 aromatic rings. The van der Waals surface area contributed by atoms with E-state index in [1.54, 1.807) is 38.3 Å². The second-order valence-corrected chi connectivity index (χ2v) is 9.62. The van der Waals surface area contributed by atoms with E-state index in [2.05, 4.69) is 10.2 Å². The van der Waals surface area contributed by atoms with E-state index < -0.39 is 16.1 Å². The highest BCUT2D eigenvalue weighted by Gasteiger charge is 2.31. The van der Waals surface area contributed by atoms with Crippen molar-refractivity contribution >= 4 is 33.0 Å². The normalized spacial score (nSPS) is 15.3. The van der Waals surface area contributed by atoms with Gasteiger partial charge in [0.2, 0.25) is 15.9 Å². The van der Waals surface area contributed by atoms with Gasteiger partial charge in [-0.15, -0.1) is 0 Å². The molecule has 1 saturated heterocycles. The molecule has 168 valence electrons. The fourth-order valence-electron chi connectivity index (χ4n) is 3.92. The van der Waals surface area contributed by atoms with Crippen molar-refractivity contribution < 1.29 is 17.9 Å². The highest BCUT2D eigenvalue weighted by Crippen LogP contribution is 2.26. The Morgan fingerprint density at radius 1 is 1.06 bits per heavy atom. The van der Waals surface area contributed by atoms with Crippen molar-refractivity contribution in [2.24, 2.45) is 0 Å². The molecule has 1 aliphatic heterocycles. The van der Waals surface area contributed by atoms with Gasteiger partial charge in [0.1, 0.15) is 11.8 Å². The molecule has 0 aliphatic carbocycles. The summed E-state index contributed by atoms with van der Waals surface area (Å²) in [5.41, 5.74) is 2.21. The van der Waals surface area contributed by atoms with Gasteiger partial charge in [0.15, 0.2) is 0 Å². The third-order valence-corrected chi connectivity index (χ3v) is 6.69. The van der Waals surface area contributed by atoms with E-state index in [0.717, 1.165) is 25.0 Å². The van der Waals surface area contributed by atoms with Crippen molar-refractivity contribution in [1.82, 2.24) is 0 Å². The maximum atomic E-state index is 13.1. The molecule has 1 amide bonds. The molecule has 0 bridgehead atoms. The van der Waals surface area contributed by atoms with Gasteiger partial charge in [-0.2, -0.15) is 0 Å². The first-order valence-electron chi connectivity index (χ1n) is 10.6. The van der Waals surface area contributed by atoms with Crippen molar-refractivity contribution in [2.75, 3.05) is 41.0 Å². The molecule has 7 nitrogen and oxygen atoms in total. The zero-order chi connectivity index (χ0) is 22.4. The van der Waals surface area contributed by atoms with Crippen LogP contribution in [0, 0.1) is 0 Å². The van der Waals surface area contributed by atoms with Crippen molar-refractivity contribution in [1.29, 1.82) is 0 Å². The first-order chi connectivity index (χ1) is 14.8. The molecule has 2 aromatic carbocycles. The quantitative estimate of drug-likeness (QED) is 0.667. The molecule has 3 rings (SSSR count). The van der Waals surface area contributed by atoms with Crippen molar-refractivity contribution in [3.63, 3.8) is 0 Å². The Labute approximate surface area is 185 Å². The van der Waals surface area contributed by atoms with E-state index in [0.29, 0.717) is 23.5 Å². The first-order valence-corrected chi connectivity index (χ1v) is 12.5. The Kier molecular flexibility index (Phi) is 7.43. The van der Waals surface area contributed by atoms with Crippen LogP contribution in [0.2, 0.25) is 0 Å². The maximum absolute atomic E-state index is 13.1. The third kappa shape index (κ3) is 5.70. The molecule has 1 atom stereocenters. The van der Waals surface area contributed by atoms with Gasteiger partial charge in [-0.05, 0) is 74.2 Å². The lowest BCUT2D eigenvalue weighted by atomic mass is 10.1. The minimum absolute atomic E-state index is 0.330. The standard InChI is InChI=1S/C23H31N3O4S/c1-4-22(26(31(3,28)29)20-12-14-21(30-2)15-13-20)23(27)24-18-8-10-19(11-9-18)25-16-6-5-7-17-25/h8-15,22H,4-7,16-17H2,1-3H3,(H,24,27)/t22-/m1/s1. The van der Waals surface area contributed by atoms with E-state index in [1.807, 2.05) is 24.3 Å². The number of piperidine rings is 1. The Morgan fingerprint density at radius 2 is 1.68 bits per heavy atom. The first kappa shape index (κ1) is 22.9. The van der Waals surface area contributed by atoms with Crippen LogP contribution in [0.5, 0.6) is 5.75 Å². The smallest absolute Gasteiger partial charge is 0.248 e. The fourth-order valence-corrected chi connectivity index (χ4v) is 5.13. The molecule has 8 heteroatoms. The summed E-state index contributed by atoms with van der Waals surface area (Å²) >= 11 is 0. The molecular formula is C23H31N3O4S. The average Bonchev–Trinajstić information content (AvgIpc) is 2.77. The summed E-state index contributed by atoms with van der Waals surface area (Å²) < 4.78 is 31.5. The second kappa shape index (κ2) is 10.0. The summed E-state index contributed by atoms with van der Waals surface area (Å²) in [6.45, 7) is 3.90. The molecule has 1 aliphatic rings. The van der Waals surface area contributed by atoms with Gasteiger partial charge in [0.05, 0.1) is 19.1 Å². The molecule has 31 heavy (non-hydrogen) atoms. The number of hydrogen-bond acceptors (Lipinski definition) is 5. The molecule has 0 spiro atoms. The Morgan fingerprint density at radius 3 is 2.19 bits per heavy atom. The van der Waals surface area contributed by atoms with E-state index in [-0.39, 0.29) is 5.91 Å². The number of ether oxygens (including phenoxy) is 1. The van der Waals surface area contributed by atoms with Gasteiger partial charge in [-0.3, -0.25) is 9.10 Å². The highest BCUT2D eigenvalue weighted by atomic mass is 32.2. The highest BCUT2D eigenvalue weighted by molar-refractivity contribution is 7.92. The number of nitrogens with one attached hydrogen (secondary N) is 1. The molecule has 0 unspecified atom stereocenters. The number of amides is 1. The van der Waals surface area contributed by atoms with Gasteiger partial charge in [0.25, 0.3) is 0 Å². The number of hydrogen-bond donors (Lipinski definition) is 1. The number of carbonyl (C=O) groups is 1. The van der Waals surface area contributed by atoms with Gasteiger partial charge in [0, 0.05) is 24.5 Å². The van der Waals surface area contributed by atoms with Gasteiger partial charge < -0.3 is 15.0 Å². The summed E-state index contributed by atoms with van der Waals surface area (Å²) in [4.78, 5) is 15.4. The van der Waals surface area contributed by atoms with Gasteiger partial charge >= 0.3 is 0 Å². The van der Waals surface area contributed by atoms with Crippen molar-refractivity contribution in [2.45, 2.75) is 38.6 Å². The van der Waals surface area contributed by atoms with Crippen LogP contribution in [0.25, 0.3) is 0 Å². The molecular weight excluding hydrogens is 414 g/mol. The summed E-state index contributed by atoms with van der Waals surface area (Å²) in [6.07, 6.45) is 5.11. The zero-order valence-corrected chi connectivity index (χ0v) is 19.2. The topological polar surface area (TPSA) is 79.0 Å². The Bertz CT molecular complexity index is 969. The summed E-state index contributed by atoms with van der Waals surface area (Å²) in [5, 5.41) is 2.88. The van der Waals surface area contributed by atoms with Gasteiger partial charge in [-0.1, -0.05) is 6.92 Å². The Hall–Kier alpha value is -2.74. The molecule has 1 fully saturated rings. The second-order valence-electron chi connectivity index (χ2n) is 7.76. The molecule has 0 radical (unpaired) electrons. The maximum Gasteiger partial charge on any atom is 0.248 e. The predicted octanol–water partition coefficient (Wildman–Crippen LogP) is 3.87. The SMILES string of the molecule is CC[C@H](C(=O)Nc1ccc(N2CCCCC2)cc1)N(c1ccc(OC)cc1)S(C)(=O)=O. The van der Waals surface area contributed by atoms with Crippen LogP contribution in [0.3, 0.4) is 0 Å². The number of benzene rings is 2. The molecule has 1 heterocycles. The third-order valence-electron chi connectivity index (χ3n) is 5.51. The van der Waals surface area contributed by atoms with E-state index in [4.69, 9.17) is 4.74 Å². The molecule has 1 N–H and O–H groups in total. The van der Waals surface area contributed by atoms with E-state index >= 15 is 0 Å². The van der Waals surface area contributed by atoms with Crippen LogP contribution in [0.4, 0.5) is 17.1 Å². The summed E-state index contributed by atoms with van der Waals surface area (Å²) in [5.74, 6) is 0.248. The van der Waals surface area contributed by atoms with Crippen molar-refractivity contribution in [3.05, 3.63) is 48.5 Å². The van der Waals surface area contributed by atoms with Crippen molar-refractivity contribution in [3.8, 4) is 5.75 Å². The number of methoxy groups -OCH3 is 1. The van der Waals surface area contributed by atoms with Crippen LogP contribution in [-0.4, -0.2) is 46.8 Å². The molecule has 0 aromatic heterocycles. The summed E-state index contributed by atoms with van der Waals surface area (Å²) in [6, 6.07) is 13.5. The summed E-state index contributed by atoms with van der Waals surface area (Å²) in [7, 11) is -2.14. The average molecular weight is 446 g/mol. The number of sulfonamides is 1. The molecule has 0 saturated carbocycles. The minimum atomic E-state index is -3.68. The monoisotopic (exact) mass is 445 g/mol.